The molecule has 0 saturated carbocycles. The summed E-state index contributed by atoms with van der Waals surface area (Å²) in [4.78, 5) is 0. The van der Waals surface area contributed by atoms with Gasteiger partial charge in [0.25, 0.3) is 0 Å². The molecule has 5 aromatic carbocycles. The van der Waals surface area contributed by atoms with E-state index in [2.05, 4.69) is 78.9 Å². The van der Waals surface area contributed by atoms with Crippen LogP contribution < -0.4 is 5.46 Å². The van der Waals surface area contributed by atoms with E-state index in [1.165, 1.54) is 52.5 Å². The molecule has 0 saturated heterocycles. The molecule has 0 spiro atoms. The van der Waals surface area contributed by atoms with Crippen molar-refractivity contribution in [2.75, 3.05) is 0 Å². The van der Waals surface area contributed by atoms with Gasteiger partial charge in [-0.25, -0.2) is 0 Å². The second kappa shape index (κ2) is 7.54. The molecule has 0 aliphatic rings. The third-order valence-electron chi connectivity index (χ3n) is 7.46. The number of thiophene rings is 1. The van der Waals surface area contributed by atoms with Crippen LogP contribution >= 0.6 is 11.3 Å². The van der Waals surface area contributed by atoms with Gasteiger partial charge in [0.05, 0.1) is 11.2 Å². The number of hydrogen-bond acceptors (Lipinski definition) is 3. The van der Waals surface area contributed by atoms with E-state index in [0.29, 0.717) is 7.48 Å². The average Bonchev–Trinajstić information content (AvgIpc) is 3.18. The van der Waals surface area contributed by atoms with Gasteiger partial charge in [-0.3, -0.25) is 0 Å². The summed E-state index contributed by atoms with van der Waals surface area (Å²) in [7, 11) is 0.439. The van der Waals surface area contributed by atoms with Crippen molar-refractivity contribution in [2.45, 2.75) is 38.9 Å². The lowest BCUT2D eigenvalue weighted by Crippen LogP contribution is -2.49. The van der Waals surface area contributed by atoms with Crippen LogP contribution in [0.2, 0.25) is 0 Å². The first-order valence-electron chi connectivity index (χ1n) is 11.8. The summed E-state index contributed by atoms with van der Waals surface area (Å²) in [5.41, 5.74) is -0.473. The summed E-state index contributed by atoms with van der Waals surface area (Å²) in [5.74, 6) is 0. The Labute approximate surface area is 204 Å². The van der Waals surface area contributed by atoms with Crippen LogP contribution in [0.15, 0.2) is 78.9 Å². The molecule has 6 rings (SSSR count). The number of hydrogen-bond donors (Lipinski definition) is 1. The first-order valence-corrected chi connectivity index (χ1v) is 12.6. The zero-order valence-electron chi connectivity index (χ0n) is 20.0. The lowest BCUT2D eigenvalue weighted by Gasteiger charge is -2.37. The minimum Gasteiger partial charge on any atom is -0.427 e. The van der Waals surface area contributed by atoms with Crippen molar-refractivity contribution in [1.29, 1.82) is 0 Å². The Kier molecular flexibility index (Phi) is 4.79. The van der Waals surface area contributed by atoms with Crippen LogP contribution in [0.4, 0.5) is 0 Å². The molecule has 2 nitrogen and oxygen atoms in total. The molecule has 34 heavy (non-hydrogen) atoms. The Morgan fingerprint density at radius 2 is 1.35 bits per heavy atom. The van der Waals surface area contributed by atoms with Crippen LogP contribution in [0.5, 0.6) is 0 Å². The summed E-state index contributed by atoms with van der Waals surface area (Å²) in [6.45, 7) is 7.53. The smallest absolute Gasteiger partial charge is 0.310 e. The minimum atomic E-state index is -0.952. The lowest BCUT2D eigenvalue weighted by molar-refractivity contribution is -0.0893. The van der Waals surface area contributed by atoms with Gasteiger partial charge < -0.3 is 9.76 Å². The van der Waals surface area contributed by atoms with Gasteiger partial charge in [-0.1, -0.05) is 66.7 Å². The van der Waals surface area contributed by atoms with E-state index in [4.69, 9.17) is 4.65 Å². The van der Waals surface area contributed by atoms with Gasteiger partial charge in [0.15, 0.2) is 0 Å². The predicted octanol–water partition coefficient (Wildman–Crippen LogP) is 7.06. The van der Waals surface area contributed by atoms with E-state index in [9.17, 15) is 5.11 Å². The van der Waals surface area contributed by atoms with Crippen molar-refractivity contribution >= 4 is 76.8 Å². The third-order valence-corrected chi connectivity index (χ3v) is 8.63. The van der Waals surface area contributed by atoms with Crippen molar-refractivity contribution in [3.63, 3.8) is 0 Å². The molecule has 0 atom stereocenters. The van der Waals surface area contributed by atoms with Gasteiger partial charge in [0, 0.05) is 20.2 Å². The molecule has 168 valence electrons. The fraction of sp³-hybridized carbons (Fsp3) is 0.200. The van der Waals surface area contributed by atoms with Gasteiger partial charge in [-0.05, 0) is 77.6 Å². The van der Waals surface area contributed by atoms with Gasteiger partial charge in [-0.15, -0.1) is 11.3 Å². The molecule has 1 N–H and O–H groups in total. The van der Waals surface area contributed by atoms with E-state index in [0.717, 1.165) is 5.46 Å². The highest BCUT2D eigenvalue weighted by molar-refractivity contribution is 7.27. The fourth-order valence-corrected chi connectivity index (χ4v) is 6.10. The standard InChI is InChI=1S/C30H27BO2S/c1-29(2,32)30(3,4)33-31-24-16-21-14-13-18-9-7-8-12-22(18)26(21)28-27(24)23-15-19-10-5-6-11-20(19)17-25(23)34-28/h5-17,31-32H,1-4H3. The molecular weight excluding hydrogens is 435 g/mol. The molecule has 0 bridgehead atoms. The maximum Gasteiger partial charge on any atom is 0.310 e. The average molecular weight is 462 g/mol. The van der Waals surface area contributed by atoms with Crippen LogP contribution in [0, 0.1) is 0 Å². The molecule has 6 aromatic rings. The summed E-state index contributed by atoms with van der Waals surface area (Å²) in [6, 6.07) is 28.6. The van der Waals surface area contributed by atoms with E-state index >= 15 is 0 Å². The molecule has 0 unspecified atom stereocenters. The molecular formula is C30H27BO2S. The summed E-state index contributed by atoms with van der Waals surface area (Å²) in [6.07, 6.45) is 0. The summed E-state index contributed by atoms with van der Waals surface area (Å²) in [5, 5.41) is 20.8. The first kappa shape index (κ1) is 21.6. The van der Waals surface area contributed by atoms with Gasteiger partial charge in [0.2, 0.25) is 0 Å². The van der Waals surface area contributed by atoms with E-state index in [1.54, 1.807) is 13.8 Å². The summed E-state index contributed by atoms with van der Waals surface area (Å²) < 4.78 is 8.98. The van der Waals surface area contributed by atoms with Crippen molar-refractivity contribution in [3.8, 4) is 0 Å². The molecule has 0 radical (unpaired) electrons. The van der Waals surface area contributed by atoms with Crippen LogP contribution in [-0.2, 0) is 4.65 Å². The second-order valence-corrected chi connectivity index (χ2v) is 11.3. The monoisotopic (exact) mass is 462 g/mol. The van der Waals surface area contributed by atoms with E-state index in [-0.39, 0.29) is 0 Å². The molecule has 0 aliphatic heterocycles. The molecule has 1 aromatic heterocycles. The van der Waals surface area contributed by atoms with Crippen molar-refractivity contribution in [3.05, 3.63) is 78.9 Å². The normalized spacial score (nSPS) is 13.0. The third kappa shape index (κ3) is 3.32. The van der Waals surface area contributed by atoms with Gasteiger partial charge >= 0.3 is 7.48 Å². The van der Waals surface area contributed by atoms with Crippen LogP contribution in [0.1, 0.15) is 27.7 Å². The predicted molar refractivity (Wildman–Crippen MR) is 150 cm³/mol. The Balaban J connectivity index is 1.70. The second-order valence-electron chi connectivity index (χ2n) is 10.3. The van der Waals surface area contributed by atoms with Gasteiger partial charge in [0.1, 0.15) is 0 Å². The number of fused-ring (bicyclic) bond motifs is 8. The maximum absolute atomic E-state index is 10.7. The lowest BCUT2D eigenvalue weighted by atomic mass is 9.79. The SMILES string of the molecule is CC(C)(O)C(C)(C)OBc1cc2ccc3ccccc3c2c2sc3cc4ccccc4cc3c12. The zero-order valence-corrected chi connectivity index (χ0v) is 20.8. The quantitative estimate of drug-likeness (QED) is 0.225. The largest absolute Gasteiger partial charge is 0.427 e. The highest BCUT2D eigenvalue weighted by Crippen LogP contribution is 2.41. The highest BCUT2D eigenvalue weighted by atomic mass is 32.1. The Hall–Kier alpha value is -2.92. The van der Waals surface area contributed by atoms with Crippen molar-refractivity contribution in [1.82, 2.24) is 0 Å². The topological polar surface area (TPSA) is 29.5 Å². The molecule has 0 fully saturated rings. The first-order chi connectivity index (χ1) is 16.2. The van der Waals surface area contributed by atoms with Crippen LogP contribution in [-0.4, -0.2) is 23.8 Å². The fourth-order valence-electron chi connectivity index (χ4n) is 4.75. The summed E-state index contributed by atoms with van der Waals surface area (Å²) >= 11 is 1.87. The van der Waals surface area contributed by atoms with Crippen molar-refractivity contribution in [2.24, 2.45) is 0 Å². The Bertz CT molecular complexity index is 1720. The molecule has 4 heteroatoms. The number of aliphatic hydroxyl groups is 1. The zero-order chi connectivity index (χ0) is 23.7. The van der Waals surface area contributed by atoms with Crippen LogP contribution in [0.25, 0.3) is 52.5 Å². The molecule has 0 aliphatic carbocycles. The van der Waals surface area contributed by atoms with Gasteiger partial charge in [-0.2, -0.15) is 0 Å². The minimum absolute atomic E-state index is 0.439. The maximum atomic E-state index is 10.7. The Morgan fingerprint density at radius 1 is 0.706 bits per heavy atom. The number of benzene rings is 5. The molecule has 0 amide bonds. The van der Waals surface area contributed by atoms with Crippen LogP contribution in [0.3, 0.4) is 0 Å². The van der Waals surface area contributed by atoms with Crippen molar-refractivity contribution < 1.29 is 9.76 Å². The number of rotatable bonds is 4. The Morgan fingerprint density at radius 3 is 2.09 bits per heavy atom. The van der Waals surface area contributed by atoms with E-state index < -0.39 is 11.2 Å². The van der Waals surface area contributed by atoms with E-state index in [1.807, 2.05) is 25.2 Å². The molecule has 1 heterocycles. The highest BCUT2D eigenvalue weighted by Gasteiger charge is 2.36.